The first-order valence-corrected chi connectivity index (χ1v) is 8.01. The predicted octanol–water partition coefficient (Wildman–Crippen LogP) is 3.34. The molecule has 0 radical (unpaired) electrons. The number of nitrogens with one attached hydrogen (secondary N) is 1. The van der Waals surface area contributed by atoms with E-state index in [-0.39, 0.29) is 6.04 Å². The average molecular weight is 307 g/mol. The highest BCUT2D eigenvalue weighted by Gasteiger charge is 2.22. The van der Waals surface area contributed by atoms with E-state index in [1.807, 2.05) is 42.5 Å². The van der Waals surface area contributed by atoms with Gasteiger partial charge in [0.05, 0.1) is 12.5 Å². The number of hydrogen-bond donors (Lipinski definition) is 1. The van der Waals surface area contributed by atoms with Crippen molar-refractivity contribution in [1.29, 1.82) is 5.26 Å². The van der Waals surface area contributed by atoms with Crippen molar-refractivity contribution in [2.24, 2.45) is 0 Å². The van der Waals surface area contributed by atoms with E-state index in [1.165, 1.54) is 0 Å². The van der Waals surface area contributed by atoms with Gasteiger partial charge in [-0.3, -0.25) is 4.90 Å². The number of nitriles is 1. The molecule has 1 aliphatic heterocycles. The summed E-state index contributed by atoms with van der Waals surface area (Å²) in [7, 11) is 0. The molecule has 23 heavy (non-hydrogen) atoms. The number of rotatable bonds is 5. The number of ether oxygens (including phenoxy) is 1. The second-order valence-electron chi connectivity index (χ2n) is 5.65. The quantitative estimate of drug-likeness (QED) is 0.920. The van der Waals surface area contributed by atoms with E-state index in [0.717, 1.165) is 43.2 Å². The van der Waals surface area contributed by atoms with Crippen molar-refractivity contribution in [2.75, 3.05) is 26.2 Å². The zero-order valence-electron chi connectivity index (χ0n) is 13.1. The molecule has 118 valence electrons. The zero-order valence-corrected chi connectivity index (χ0v) is 13.1. The highest BCUT2D eigenvalue weighted by atomic mass is 16.5. The summed E-state index contributed by atoms with van der Waals surface area (Å²) in [5.41, 5.74) is 1.14. The van der Waals surface area contributed by atoms with Gasteiger partial charge < -0.3 is 10.1 Å². The van der Waals surface area contributed by atoms with Crippen LogP contribution >= 0.6 is 0 Å². The topological polar surface area (TPSA) is 48.3 Å². The number of benzene rings is 2. The Morgan fingerprint density at radius 2 is 1.78 bits per heavy atom. The van der Waals surface area contributed by atoms with Crippen molar-refractivity contribution in [3.8, 4) is 17.6 Å². The van der Waals surface area contributed by atoms with Crippen LogP contribution in [0, 0.1) is 11.3 Å². The molecule has 1 saturated heterocycles. The van der Waals surface area contributed by atoms with Crippen LogP contribution in [0.5, 0.6) is 11.5 Å². The van der Waals surface area contributed by atoms with Gasteiger partial charge in [0, 0.05) is 32.2 Å². The minimum Gasteiger partial charge on any atom is -0.457 e. The highest BCUT2D eigenvalue weighted by Crippen LogP contribution is 2.29. The average Bonchev–Trinajstić information content (AvgIpc) is 2.61. The standard InChI is InChI=1S/C19H21N3O/c20-10-9-19(22-13-11-21-12-14-22)16-5-4-8-18(15-16)23-17-6-2-1-3-7-17/h1-8,15,19,21H,9,11-14H2/t19-/m0/s1. The molecule has 0 spiro atoms. The van der Waals surface area contributed by atoms with Crippen molar-refractivity contribution in [3.05, 3.63) is 60.2 Å². The maximum absolute atomic E-state index is 9.21. The van der Waals surface area contributed by atoms with Crippen molar-refractivity contribution in [3.63, 3.8) is 0 Å². The summed E-state index contributed by atoms with van der Waals surface area (Å²) in [6, 6.07) is 20.3. The minimum atomic E-state index is 0.126. The van der Waals surface area contributed by atoms with Crippen LogP contribution in [0.3, 0.4) is 0 Å². The summed E-state index contributed by atoms with van der Waals surface area (Å²) in [6.07, 6.45) is 0.495. The van der Waals surface area contributed by atoms with Gasteiger partial charge in [0.1, 0.15) is 11.5 Å². The lowest BCUT2D eigenvalue weighted by atomic mass is 10.0. The Morgan fingerprint density at radius 3 is 2.52 bits per heavy atom. The summed E-state index contributed by atoms with van der Waals surface area (Å²) in [5.74, 6) is 1.63. The van der Waals surface area contributed by atoms with E-state index in [9.17, 15) is 5.26 Å². The van der Waals surface area contributed by atoms with Crippen LogP contribution in [0.25, 0.3) is 0 Å². The first-order valence-electron chi connectivity index (χ1n) is 8.01. The molecular weight excluding hydrogens is 286 g/mol. The van der Waals surface area contributed by atoms with Crippen LogP contribution in [0.4, 0.5) is 0 Å². The second kappa shape index (κ2) is 7.77. The molecule has 2 aromatic carbocycles. The third-order valence-corrected chi connectivity index (χ3v) is 4.10. The van der Waals surface area contributed by atoms with Gasteiger partial charge in [-0.25, -0.2) is 0 Å². The smallest absolute Gasteiger partial charge is 0.127 e. The fourth-order valence-corrected chi connectivity index (χ4v) is 2.95. The highest BCUT2D eigenvalue weighted by molar-refractivity contribution is 5.35. The van der Waals surface area contributed by atoms with E-state index in [2.05, 4.69) is 28.4 Å². The van der Waals surface area contributed by atoms with Gasteiger partial charge in [-0.1, -0.05) is 30.3 Å². The first kappa shape index (κ1) is 15.5. The fraction of sp³-hybridized carbons (Fsp3) is 0.316. The Hall–Kier alpha value is -2.35. The maximum atomic E-state index is 9.21. The van der Waals surface area contributed by atoms with E-state index >= 15 is 0 Å². The third-order valence-electron chi connectivity index (χ3n) is 4.10. The molecule has 3 rings (SSSR count). The van der Waals surface area contributed by atoms with E-state index in [4.69, 9.17) is 4.74 Å². The molecule has 1 N–H and O–H groups in total. The summed E-state index contributed by atoms with van der Waals surface area (Å²) >= 11 is 0. The Morgan fingerprint density at radius 1 is 1.04 bits per heavy atom. The number of para-hydroxylation sites is 1. The lowest BCUT2D eigenvalue weighted by Crippen LogP contribution is -2.45. The molecule has 1 heterocycles. The summed E-state index contributed by atoms with van der Waals surface area (Å²) < 4.78 is 5.92. The van der Waals surface area contributed by atoms with Gasteiger partial charge in [0.25, 0.3) is 0 Å². The lowest BCUT2D eigenvalue weighted by molar-refractivity contribution is 0.175. The van der Waals surface area contributed by atoms with E-state index in [0.29, 0.717) is 6.42 Å². The SMILES string of the molecule is N#CC[C@@H](c1cccc(Oc2ccccc2)c1)N1CCNCC1. The van der Waals surface area contributed by atoms with E-state index < -0.39 is 0 Å². The molecule has 2 aromatic rings. The zero-order chi connectivity index (χ0) is 15.9. The van der Waals surface area contributed by atoms with Gasteiger partial charge in [0.2, 0.25) is 0 Å². The van der Waals surface area contributed by atoms with Crippen molar-refractivity contribution < 1.29 is 4.74 Å². The van der Waals surface area contributed by atoms with Gasteiger partial charge in [-0.2, -0.15) is 5.26 Å². The molecule has 4 heteroatoms. The van der Waals surface area contributed by atoms with Gasteiger partial charge >= 0.3 is 0 Å². The van der Waals surface area contributed by atoms with Crippen molar-refractivity contribution >= 4 is 0 Å². The van der Waals surface area contributed by atoms with Gasteiger partial charge in [0.15, 0.2) is 0 Å². The van der Waals surface area contributed by atoms with Gasteiger partial charge in [-0.15, -0.1) is 0 Å². The summed E-state index contributed by atoms with van der Waals surface area (Å²) in [5, 5.41) is 12.6. The molecular formula is C19H21N3O. The Balaban J connectivity index is 1.80. The van der Waals surface area contributed by atoms with Crippen LogP contribution in [-0.4, -0.2) is 31.1 Å². The maximum Gasteiger partial charge on any atom is 0.127 e. The van der Waals surface area contributed by atoms with Crippen LogP contribution in [0.1, 0.15) is 18.0 Å². The molecule has 4 nitrogen and oxygen atoms in total. The molecule has 0 amide bonds. The molecule has 0 aliphatic carbocycles. The summed E-state index contributed by atoms with van der Waals surface area (Å²) in [6.45, 7) is 3.89. The van der Waals surface area contributed by atoms with Crippen LogP contribution in [0.2, 0.25) is 0 Å². The predicted molar refractivity (Wildman–Crippen MR) is 90.4 cm³/mol. The molecule has 1 fully saturated rings. The Labute approximate surface area is 137 Å². The molecule has 1 aliphatic rings. The van der Waals surface area contributed by atoms with E-state index in [1.54, 1.807) is 0 Å². The molecule has 1 atom stereocenters. The monoisotopic (exact) mass is 307 g/mol. The molecule has 0 aromatic heterocycles. The minimum absolute atomic E-state index is 0.126. The van der Waals surface area contributed by atoms with Crippen LogP contribution in [0.15, 0.2) is 54.6 Å². The number of hydrogen-bond acceptors (Lipinski definition) is 4. The third kappa shape index (κ3) is 4.10. The van der Waals surface area contributed by atoms with Crippen LogP contribution < -0.4 is 10.1 Å². The summed E-state index contributed by atoms with van der Waals surface area (Å²) in [4.78, 5) is 2.38. The Kier molecular flexibility index (Phi) is 5.25. The Bertz CT molecular complexity index is 660. The normalized spacial score (nSPS) is 16.5. The number of nitrogens with zero attached hydrogens (tertiary/aromatic N) is 2. The molecule has 0 unspecified atom stereocenters. The fourth-order valence-electron chi connectivity index (χ4n) is 2.95. The van der Waals surface area contributed by atoms with Crippen molar-refractivity contribution in [2.45, 2.75) is 12.5 Å². The lowest BCUT2D eigenvalue weighted by Gasteiger charge is -2.34. The number of piperazine rings is 1. The largest absolute Gasteiger partial charge is 0.457 e. The molecule has 0 bridgehead atoms. The van der Waals surface area contributed by atoms with Crippen LogP contribution in [-0.2, 0) is 0 Å². The second-order valence-corrected chi connectivity index (χ2v) is 5.65. The van der Waals surface area contributed by atoms with Crippen molar-refractivity contribution in [1.82, 2.24) is 10.2 Å². The first-order chi connectivity index (χ1) is 11.4. The molecule has 0 saturated carbocycles. The van der Waals surface area contributed by atoms with Gasteiger partial charge in [-0.05, 0) is 29.8 Å².